The van der Waals surface area contributed by atoms with Crippen LogP contribution in [0.3, 0.4) is 0 Å². The molecule has 1 fully saturated rings. The molecular formula is C14H19N3O3S. The molecule has 1 aliphatic rings. The SMILES string of the molecule is N#Cc1ccc(S(=O)(=O)N(CCCO)C2CCC2)c(N)c1. The Kier molecular flexibility index (Phi) is 4.83. The molecule has 0 heterocycles. The number of sulfonamides is 1. The van der Waals surface area contributed by atoms with Crippen molar-refractivity contribution in [3.05, 3.63) is 23.8 Å². The molecule has 1 saturated carbocycles. The van der Waals surface area contributed by atoms with E-state index in [1.165, 1.54) is 22.5 Å². The van der Waals surface area contributed by atoms with Crippen LogP contribution in [0.1, 0.15) is 31.2 Å². The molecule has 114 valence electrons. The van der Waals surface area contributed by atoms with E-state index in [-0.39, 0.29) is 29.8 Å². The number of hydrogen-bond acceptors (Lipinski definition) is 5. The molecule has 0 bridgehead atoms. The van der Waals surface area contributed by atoms with Gasteiger partial charge in [-0.1, -0.05) is 6.42 Å². The van der Waals surface area contributed by atoms with E-state index in [9.17, 15) is 8.42 Å². The molecule has 2 rings (SSSR count). The van der Waals surface area contributed by atoms with Gasteiger partial charge in [0.05, 0.1) is 17.3 Å². The van der Waals surface area contributed by atoms with Gasteiger partial charge in [-0.05, 0) is 37.5 Å². The first-order valence-electron chi connectivity index (χ1n) is 6.93. The second-order valence-electron chi connectivity index (χ2n) is 5.14. The summed E-state index contributed by atoms with van der Waals surface area (Å²) < 4.78 is 27.0. The molecule has 0 spiro atoms. The average Bonchev–Trinajstić information content (AvgIpc) is 2.40. The number of nitrogens with zero attached hydrogens (tertiary/aromatic N) is 2. The minimum atomic E-state index is -3.70. The Labute approximate surface area is 124 Å². The van der Waals surface area contributed by atoms with Gasteiger partial charge in [0.15, 0.2) is 0 Å². The fraction of sp³-hybridized carbons (Fsp3) is 0.500. The Balaban J connectivity index is 2.35. The van der Waals surface area contributed by atoms with Gasteiger partial charge < -0.3 is 10.8 Å². The molecule has 6 nitrogen and oxygen atoms in total. The van der Waals surface area contributed by atoms with E-state index in [1.54, 1.807) is 0 Å². The molecule has 0 atom stereocenters. The molecular weight excluding hydrogens is 290 g/mol. The van der Waals surface area contributed by atoms with Crippen molar-refractivity contribution in [1.82, 2.24) is 4.31 Å². The first kappa shape index (κ1) is 15.8. The number of nitrogen functional groups attached to an aromatic ring is 1. The second-order valence-corrected chi connectivity index (χ2v) is 7.00. The van der Waals surface area contributed by atoms with Crippen LogP contribution in [-0.4, -0.2) is 37.0 Å². The lowest BCUT2D eigenvalue weighted by Crippen LogP contribution is -2.45. The summed E-state index contributed by atoms with van der Waals surface area (Å²) in [5.41, 5.74) is 6.22. The molecule has 3 N–H and O–H groups in total. The lowest BCUT2D eigenvalue weighted by atomic mass is 9.93. The van der Waals surface area contributed by atoms with Gasteiger partial charge in [0.25, 0.3) is 0 Å². The third-order valence-electron chi connectivity index (χ3n) is 3.74. The fourth-order valence-corrected chi connectivity index (χ4v) is 4.20. The van der Waals surface area contributed by atoms with Crippen molar-refractivity contribution < 1.29 is 13.5 Å². The van der Waals surface area contributed by atoms with Gasteiger partial charge in [-0.15, -0.1) is 0 Å². The second kappa shape index (κ2) is 6.43. The maximum absolute atomic E-state index is 12.8. The fourth-order valence-electron chi connectivity index (χ4n) is 2.38. The van der Waals surface area contributed by atoms with E-state index in [0.29, 0.717) is 12.0 Å². The number of benzene rings is 1. The van der Waals surface area contributed by atoms with Crippen LogP contribution < -0.4 is 5.73 Å². The van der Waals surface area contributed by atoms with Crippen LogP contribution in [0.5, 0.6) is 0 Å². The van der Waals surface area contributed by atoms with E-state index in [1.807, 2.05) is 6.07 Å². The summed E-state index contributed by atoms with van der Waals surface area (Å²) in [7, 11) is -3.70. The first-order chi connectivity index (χ1) is 10.0. The van der Waals surface area contributed by atoms with Crippen LogP contribution in [0.2, 0.25) is 0 Å². The van der Waals surface area contributed by atoms with Crippen LogP contribution >= 0.6 is 0 Å². The quantitative estimate of drug-likeness (QED) is 0.764. The van der Waals surface area contributed by atoms with Gasteiger partial charge >= 0.3 is 0 Å². The maximum Gasteiger partial charge on any atom is 0.245 e. The van der Waals surface area contributed by atoms with Gasteiger partial charge in [0, 0.05) is 19.2 Å². The Morgan fingerprint density at radius 1 is 1.43 bits per heavy atom. The number of nitrogens with two attached hydrogens (primary N) is 1. The van der Waals surface area contributed by atoms with Gasteiger partial charge in [0.1, 0.15) is 4.90 Å². The zero-order valence-corrected chi connectivity index (χ0v) is 12.5. The van der Waals surface area contributed by atoms with Crippen molar-refractivity contribution >= 4 is 15.7 Å². The molecule has 0 aromatic heterocycles. The van der Waals surface area contributed by atoms with Crippen LogP contribution in [0.4, 0.5) is 5.69 Å². The number of nitriles is 1. The minimum Gasteiger partial charge on any atom is -0.398 e. The Morgan fingerprint density at radius 2 is 2.14 bits per heavy atom. The van der Waals surface area contributed by atoms with E-state index in [2.05, 4.69) is 0 Å². The molecule has 0 amide bonds. The molecule has 7 heteroatoms. The number of aliphatic hydroxyl groups is 1. The van der Waals surface area contributed by atoms with E-state index in [0.717, 1.165) is 19.3 Å². The predicted molar refractivity (Wildman–Crippen MR) is 78.8 cm³/mol. The van der Waals surface area contributed by atoms with Crippen molar-refractivity contribution in [2.75, 3.05) is 18.9 Å². The summed E-state index contributed by atoms with van der Waals surface area (Å²) in [6.45, 7) is 0.227. The lowest BCUT2D eigenvalue weighted by molar-refractivity contribution is 0.198. The molecule has 1 aromatic carbocycles. The predicted octanol–water partition coefficient (Wildman–Crippen LogP) is 1.07. The van der Waals surface area contributed by atoms with Crippen molar-refractivity contribution in [2.45, 2.75) is 36.6 Å². The highest BCUT2D eigenvalue weighted by atomic mass is 32.2. The van der Waals surface area contributed by atoms with Gasteiger partial charge in [-0.2, -0.15) is 9.57 Å². The minimum absolute atomic E-state index is 0.0170. The number of aliphatic hydroxyl groups excluding tert-OH is 1. The highest BCUT2D eigenvalue weighted by molar-refractivity contribution is 7.89. The molecule has 0 radical (unpaired) electrons. The van der Waals surface area contributed by atoms with Crippen molar-refractivity contribution in [1.29, 1.82) is 5.26 Å². The number of anilines is 1. The summed E-state index contributed by atoms with van der Waals surface area (Å²) in [6.07, 6.45) is 3.08. The topological polar surface area (TPSA) is 107 Å². The van der Waals surface area contributed by atoms with Crippen LogP contribution in [-0.2, 0) is 10.0 Å². The zero-order valence-electron chi connectivity index (χ0n) is 11.7. The van der Waals surface area contributed by atoms with Crippen LogP contribution in [0.15, 0.2) is 23.1 Å². The molecule has 21 heavy (non-hydrogen) atoms. The lowest BCUT2D eigenvalue weighted by Gasteiger charge is -2.36. The van der Waals surface area contributed by atoms with Gasteiger partial charge in [-0.3, -0.25) is 0 Å². The third kappa shape index (κ3) is 3.18. The van der Waals surface area contributed by atoms with Crippen molar-refractivity contribution in [3.8, 4) is 6.07 Å². The normalized spacial score (nSPS) is 15.7. The largest absolute Gasteiger partial charge is 0.398 e. The molecule has 1 aliphatic carbocycles. The highest BCUT2D eigenvalue weighted by Gasteiger charge is 2.35. The molecule has 1 aromatic rings. The van der Waals surface area contributed by atoms with Crippen molar-refractivity contribution in [3.63, 3.8) is 0 Å². The average molecular weight is 309 g/mol. The Bertz CT molecular complexity index is 648. The molecule has 0 saturated heterocycles. The molecule has 0 aliphatic heterocycles. The Hall–Kier alpha value is -1.62. The summed E-state index contributed by atoms with van der Waals surface area (Å²) in [5.74, 6) is 0. The van der Waals surface area contributed by atoms with E-state index >= 15 is 0 Å². The molecule has 0 unspecified atom stereocenters. The highest BCUT2D eigenvalue weighted by Crippen LogP contribution is 2.32. The van der Waals surface area contributed by atoms with Crippen molar-refractivity contribution in [2.24, 2.45) is 0 Å². The summed E-state index contributed by atoms with van der Waals surface area (Å²) in [5, 5.41) is 17.8. The van der Waals surface area contributed by atoms with Gasteiger partial charge in [0.2, 0.25) is 10.0 Å². The van der Waals surface area contributed by atoms with E-state index in [4.69, 9.17) is 16.1 Å². The smallest absolute Gasteiger partial charge is 0.245 e. The van der Waals surface area contributed by atoms with Gasteiger partial charge in [-0.25, -0.2) is 8.42 Å². The summed E-state index contributed by atoms with van der Waals surface area (Å²) in [6, 6.07) is 6.12. The van der Waals surface area contributed by atoms with Crippen LogP contribution in [0.25, 0.3) is 0 Å². The maximum atomic E-state index is 12.8. The standard InChI is InChI=1S/C14H19N3O3S/c15-10-11-5-6-14(13(16)9-11)21(19,20)17(7-2-8-18)12-3-1-4-12/h5-6,9,12,18H,1-4,7-8,16H2. The first-order valence-corrected chi connectivity index (χ1v) is 8.37. The van der Waals surface area contributed by atoms with E-state index < -0.39 is 10.0 Å². The van der Waals surface area contributed by atoms with Crippen LogP contribution in [0, 0.1) is 11.3 Å². The monoisotopic (exact) mass is 309 g/mol. The number of rotatable bonds is 6. The zero-order chi connectivity index (χ0) is 15.5. The Morgan fingerprint density at radius 3 is 2.62 bits per heavy atom. The number of hydrogen-bond donors (Lipinski definition) is 2. The third-order valence-corrected chi connectivity index (χ3v) is 5.77. The summed E-state index contributed by atoms with van der Waals surface area (Å²) in [4.78, 5) is 0.0336. The summed E-state index contributed by atoms with van der Waals surface area (Å²) >= 11 is 0.